The van der Waals surface area contributed by atoms with E-state index in [4.69, 9.17) is 0 Å². The van der Waals surface area contributed by atoms with Crippen molar-refractivity contribution >= 4 is 11.3 Å². The SMILES string of the molecule is CCCc1nn(C)cc1-c1cc(CNC)cs1. The van der Waals surface area contributed by atoms with Gasteiger partial charge in [0.25, 0.3) is 0 Å². The lowest BCUT2D eigenvalue weighted by Gasteiger charge is -1.97. The van der Waals surface area contributed by atoms with Crippen LogP contribution in [0.3, 0.4) is 0 Å². The summed E-state index contributed by atoms with van der Waals surface area (Å²) in [5, 5.41) is 9.94. The lowest BCUT2D eigenvalue weighted by Crippen LogP contribution is -2.03. The Bertz CT molecular complexity index is 485. The molecule has 17 heavy (non-hydrogen) atoms. The van der Waals surface area contributed by atoms with Crippen molar-refractivity contribution in [3.63, 3.8) is 0 Å². The van der Waals surface area contributed by atoms with Crippen LogP contribution in [0.4, 0.5) is 0 Å². The molecule has 92 valence electrons. The molecule has 2 rings (SSSR count). The van der Waals surface area contributed by atoms with Crippen molar-refractivity contribution in [1.82, 2.24) is 15.1 Å². The number of nitrogens with one attached hydrogen (secondary N) is 1. The standard InChI is InChI=1S/C13H19N3S/c1-4-5-12-11(8-16(3)15-12)13-6-10(7-14-2)9-17-13/h6,8-9,14H,4-5,7H2,1-3H3. The maximum absolute atomic E-state index is 4.54. The minimum Gasteiger partial charge on any atom is -0.316 e. The summed E-state index contributed by atoms with van der Waals surface area (Å²) in [6, 6.07) is 2.26. The second kappa shape index (κ2) is 5.47. The molecule has 0 aliphatic heterocycles. The second-order valence-corrected chi connectivity index (χ2v) is 5.17. The number of aryl methyl sites for hydroxylation is 2. The summed E-state index contributed by atoms with van der Waals surface area (Å²) in [6.45, 7) is 3.12. The van der Waals surface area contributed by atoms with Gasteiger partial charge in [-0.1, -0.05) is 13.3 Å². The van der Waals surface area contributed by atoms with Crippen molar-refractivity contribution in [2.45, 2.75) is 26.3 Å². The van der Waals surface area contributed by atoms with Crippen molar-refractivity contribution in [2.24, 2.45) is 7.05 Å². The lowest BCUT2D eigenvalue weighted by molar-refractivity contribution is 0.733. The Kier molecular flexibility index (Phi) is 3.97. The normalized spacial score (nSPS) is 11.0. The van der Waals surface area contributed by atoms with Gasteiger partial charge in [-0.05, 0) is 30.5 Å². The quantitative estimate of drug-likeness (QED) is 0.883. The molecular weight excluding hydrogens is 230 g/mol. The Balaban J connectivity index is 2.30. The van der Waals surface area contributed by atoms with E-state index in [0.717, 1.165) is 19.4 Å². The fourth-order valence-electron chi connectivity index (χ4n) is 1.98. The molecule has 0 unspecified atom stereocenters. The van der Waals surface area contributed by atoms with Gasteiger partial charge in [-0.25, -0.2) is 0 Å². The van der Waals surface area contributed by atoms with Crippen molar-refractivity contribution in [3.05, 3.63) is 28.9 Å². The maximum atomic E-state index is 4.54. The van der Waals surface area contributed by atoms with Gasteiger partial charge in [0.1, 0.15) is 0 Å². The van der Waals surface area contributed by atoms with Crippen molar-refractivity contribution in [1.29, 1.82) is 0 Å². The van der Waals surface area contributed by atoms with E-state index in [0.29, 0.717) is 0 Å². The lowest BCUT2D eigenvalue weighted by atomic mass is 10.1. The van der Waals surface area contributed by atoms with E-state index in [-0.39, 0.29) is 0 Å². The topological polar surface area (TPSA) is 29.9 Å². The van der Waals surface area contributed by atoms with E-state index in [1.54, 1.807) is 11.3 Å². The van der Waals surface area contributed by atoms with Crippen LogP contribution in [0.15, 0.2) is 17.6 Å². The van der Waals surface area contributed by atoms with Crippen LogP contribution in [0.2, 0.25) is 0 Å². The Labute approximate surface area is 106 Å². The molecule has 0 aliphatic rings. The molecule has 0 fully saturated rings. The predicted molar refractivity (Wildman–Crippen MR) is 73.3 cm³/mol. The fraction of sp³-hybridized carbons (Fsp3) is 0.462. The van der Waals surface area contributed by atoms with Gasteiger partial charge in [-0.2, -0.15) is 5.10 Å². The number of hydrogen-bond donors (Lipinski definition) is 1. The molecule has 1 N–H and O–H groups in total. The third-order valence-corrected chi connectivity index (χ3v) is 3.70. The Morgan fingerprint density at radius 1 is 1.47 bits per heavy atom. The summed E-state index contributed by atoms with van der Waals surface area (Å²) < 4.78 is 1.91. The zero-order valence-electron chi connectivity index (χ0n) is 10.7. The fourth-order valence-corrected chi connectivity index (χ4v) is 2.92. The van der Waals surface area contributed by atoms with Crippen LogP contribution >= 0.6 is 11.3 Å². The first-order valence-corrected chi connectivity index (χ1v) is 6.87. The molecule has 0 spiro atoms. The van der Waals surface area contributed by atoms with Crippen molar-refractivity contribution < 1.29 is 0 Å². The molecule has 4 heteroatoms. The molecular formula is C13H19N3S. The largest absolute Gasteiger partial charge is 0.316 e. The minimum absolute atomic E-state index is 0.930. The number of nitrogens with zero attached hydrogens (tertiary/aromatic N) is 2. The van der Waals surface area contributed by atoms with Gasteiger partial charge in [0.2, 0.25) is 0 Å². The van der Waals surface area contributed by atoms with Crippen LogP contribution in [0.1, 0.15) is 24.6 Å². The summed E-state index contributed by atoms with van der Waals surface area (Å²) in [7, 11) is 3.97. The van der Waals surface area contributed by atoms with Gasteiger partial charge in [0.15, 0.2) is 0 Å². The number of hydrogen-bond acceptors (Lipinski definition) is 3. The average molecular weight is 249 g/mol. The maximum Gasteiger partial charge on any atom is 0.0710 e. The molecule has 0 saturated carbocycles. The second-order valence-electron chi connectivity index (χ2n) is 4.26. The van der Waals surface area contributed by atoms with E-state index < -0.39 is 0 Å². The van der Waals surface area contributed by atoms with E-state index >= 15 is 0 Å². The highest BCUT2D eigenvalue weighted by Gasteiger charge is 2.11. The van der Waals surface area contributed by atoms with Crippen molar-refractivity contribution in [2.75, 3.05) is 7.05 Å². The first kappa shape index (κ1) is 12.3. The predicted octanol–water partition coefficient (Wildman–Crippen LogP) is 2.82. The van der Waals surface area contributed by atoms with Gasteiger partial charge in [0, 0.05) is 30.2 Å². The Morgan fingerprint density at radius 2 is 2.29 bits per heavy atom. The highest BCUT2D eigenvalue weighted by atomic mass is 32.1. The van der Waals surface area contributed by atoms with Crippen LogP contribution in [-0.2, 0) is 20.0 Å². The third kappa shape index (κ3) is 2.76. The molecule has 2 aromatic rings. The van der Waals surface area contributed by atoms with Crippen molar-refractivity contribution in [3.8, 4) is 10.4 Å². The third-order valence-electron chi connectivity index (χ3n) is 2.69. The van der Waals surface area contributed by atoms with Crippen LogP contribution in [0, 0.1) is 0 Å². The molecule has 2 aromatic heterocycles. The molecule has 0 radical (unpaired) electrons. The monoisotopic (exact) mass is 249 g/mol. The van der Waals surface area contributed by atoms with Gasteiger partial charge < -0.3 is 5.32 Å². The first-order chi connectivity index (χ1) is 8.24. The van der Waals surface area contributed by atoms with Crippen LogP contribution in [-0.4, -0.2) is 16.8 Å². The van der Waals surface area contributed by atoms with Crippen LogP contribution < -0.4 is 5.32 Å². The highest BCUT2D eigenvalue weighted by Crippen LogP contribution is 2.30. The number of thiophene rings is 1. The molecule has 0 aromatic carbocycles. The van der Waals surface area contributed by atoms with E-state index in [2.05, 4.69) is 35.0 Å². The summed E-state index contributed by atoms with van der Waals surface area (Å²) in [5.74, 6) is 0. The van der Waals surface area contributed by atoms with Crippen LogP contribution in [0.25, 0.3) is 10.4 Å². The average Bonchev–Trinajstić information content (AvgIpc) is 2.87. The number of aromatic nitrogens is 2. The molecule has 2 heterocycles. The zero-order chi connectivity index (χ0) is 12.3. The van der Waals surface area contributed by atoms with Gasteiger partial charge in [-0.15, -0.1) is 11.3 Å². The highest BCUT2D eigenvalue weighted by molar-refractivity contribution is 7.13. The summed E-state index contributed by atoms with van der Waals surface area (Å²) in [6.07, 6.45) is 4.31. The number of rotatable bonds is 5. The van der Waals surface area contributed by atoms with Gasteiger partial charge in [0.05, 0.1) is 5.69 Å². The Hall–Kier alpha value is -1.13. The molecule has 0 saturated heterocycles. The minimum atomic E-state index is 0.930. The van der Waals surface area contributed by atoms with Gasteiger partial charge >= 0.3 is 0 Å². The van der Waals surface area contributed by atoms with E-state index in [9.17, 15) is 0 Å². The summed E-state index contributed by atoms with van der Waals surface area (Å²) in [4.78, 5) is 1.33. The Morgan fingerprint density at radius 3 is 3.00 bits per heavy atom. The molecule has 0 bridgehead atoms. The van der Waals surface area contributed by atoms with E-state index in [1.807, 2.05) is 18.8 Å². The molecule has 0 atom stereocenters. The smallest absolute Gasteiger partial charge is 0.0710 e. The van der Waals surface area contributed by atoms with Crippen LogP contribution in [0.5, 0.6) is 0 Å². The summed E-state index contributed by atoms with van der Waals surface area (Å²) in [5.41, 5.74) is 3.85. The van der Waals surface area contributed by atoms with E-state index in [1.165, 1.54) is 21.7 Å². The molecule has 0 amide bonds. The first-order valence-electron chi connectivity index (χ1n) is 5.99. The zero-order valence-corrected chi connectivity index (χ0v) is 11.5. The summed E-state index contributed by atoms with van der Waals surface area (Å²) >= 11 is 1.80. The van der Waals surface area contributed by atoms with Gasteiger partial charge in [-0.3, -0.25) is 4.68 Å². The molecule has 0 aliphatic carbocycles. The molecule has 3 nitrogen and oxygen atoms in total.